The molecule has 0 atom stereocenters. The largest absolute Gasteiger partial charge is 0.493 e. The van der Waals surface area contributed by atoms with Gasteiger partial charge in [0.25, 0.3) is 0 Å². The van der Waals surface area contributed by atoms with Gasteiger partial charge in [0.15, 0.2) is 17.3 Å². The smallest absolute Gasteiger partial charge is 0.188 e. The zero-order valence-corrected chi connectivity index (χ0v) is 17.1. The highest BCUT2D eigenvalue weighted by molar-refractivity contribution is 5.75. The molecule has 30 heavy (non-hydrogen) atoms. The van der Waals surface area contributed by atoms with Gasteiger partial charge in [-0.1, -0.05) is 18.2 Å². The number of hydrogen-bond donors (Lipinski definition) is 2. The third-order valence-corrected chi connectivity index (χ3v) is 4.77. The van der Waals surface area contributed by atoms with E-state index in [1.54, 1.807) is 7.11 Å². The van der Waals surface area contributed by atoms with Gasteiger partial charge in [0.1, 0.15) is 18.3 Å². The fourth-order valence-corrected chi connectivity index (χ4v) is 3.37. The zero-order valence-electron chi connectivity index (χ0n) is 17.1. The Morgan fingerprint density at radius 3 is 2.73 bits per heavy atom. The van der Waals surface area contributed by atoms with Crippen molar-refractivity contribution < 1.29 is 14.6 Å². The summed E-state index contributed by atoms with van der Waals surface area (Å²) in [5.74, 6) is 3.63. The standard InChI is InChI=1S/C22H25N5O3/c1-15-23-17-9-8-16(12-18(17)24-15)13-22-25-21(26-27(22)10-5-11-28)14-30-20-7-4-3-6-19(20)29-2/h3-4,6-9,12,28H,5,10-11,13-14H2,1-2H3,(H,23,24). The van der Waals surface area contributed by atoms with E-state index >= 15 is 0 Å². The van der Waals surface area contributed by atoms with Crippen LogP contribution in [0.5, 0.6) is 11.5 Å². The number of aliphatic hydroxyl groups excluding tert-OH is 1. The van der Waals surface area contributed by atoms with Gasteiger partial charge in [-0.25, -0.2) is 14.6 Å². The summed E-state index contributed by atoms with van der Waals surface area (Å²) in [5.41, 5.74) is 3.07. The lowest BCUT2D eigenvalue weighted by Gasteiger charge is -2.08. The molecule has 0 amide bonds. The minimum Gasteiger partial charge on any atom is -0.493 e. The third-order valence-electron chi connectivity index (χ3n) is 4.77. The summed E-state index contributed by atoms with van der Waals surface area (Å²) in [6.07, 6.45) is 1.24. The molecule has 0 spiro atoms. The number of benzene rings is 2. The van der Waals surface area contributed by atoms with Crippen LogP contribution in [0.2, 0.25) is 0 Å². The van der Waals surface area contributed by atoms with Crippen molar-refractivity contribution in [2.45, 2.75) is 32.9 Å². The fraction of sp³-hybridized carbons (Fsp3) is 0.318. The average Bonchev–Trinajstić information content (AvgIpc) is 3.32. The van der Waals surface area contributed by atoms with Gasteiger partial charge in [0, 0.05) is 19.6 Å². The van der Waals surface area contributed by atoms with Crippen molar-refractivity contribution >= 4 is 11.0 Å². The van der Waals surface area contributed by atoms with Crippen LogP contribution in [0.4, 0.5) is 0 Å². The molecular weight excluding hydrogens is 382 g/mol. The second kappa shape index (κ2) is 8.96. The maximum absolute atomic E-state index is 9.23. The van der Waals surface area contributed by atoms with Crippen molar-refractivity contribution in [1.29, 1.82) is 0 Å². The number of hydrogen-bond acceptors (Lipinski definition) is 6. The molecule has 2 aromatic heterocycles. The number of fused-ring (bicyclic) bond motifs is 1. The molecule has 8 nitrogen and oxygen atoms in total. The Labute approximate surface area is 174 Å². The summed E-state index contributed by atoms with van der Waals surface area (Å²) >= 11 is 0. The van der Waals surface area contributed by atoms with Crippen molar-refractivity contribution in [2.24, 2.45) is 0 Å². The lowest BCUT2D eigenvalue weighted by atomic mass is 10.1. The molecule has 2 heterocycles. The van der Waals surface area contributed by atoms with E-state index in [2.05, 4.69) is 27.2 Å². The summed E-state index contributed by atoms with van der Waals surface area (Å²) in [6.45, 7) is 2.88. The second-order valence-corrected chi connectivity index (χ2v) is 7.03. The van der Waals surface area contributed by atoms with E-state index in [0.717, 1.165) is 28.2 Å². The number of imidazole rings is 1. The van der Waals surface area contributed by atoms with Crippen LogP contribution in [0, 0.1) is 6.92 Å². The van der Waals surface area contributed by atoms with Gasteiger partial charge in [-0.15, -0.1) is 0 Å². The van der Waals surface area contributed by atoms with E-state index < -0.39 is 0 Å². The van der Waals surface area contributed by atoms with Gasteiger partial charge < -0.3 is 19.6 Å². The predicted octanol–water partition coefficient (Wildman–Crippen LogP) is 3.02. The Hall–Kier alpha value is -3.39. The van der Waals surface area contributed by atoms with E-state index in [4.69, 9.17) is 14.5 Å². The van der Waals surface area contributed by atoms with Gasteiger partial charge in [-0.3, -0.25) is 0 Å². The first-order chi connectivity index (χ1) is 14.7. The lowest BCUT2D eigenvalue weighted by molar-refractivity contribution is 0.270. The summed E-state index contributed by atoms with van der Waals surface area (Å²) < 4.78 is 13.0. The molecule has 0 saturated heterocycles. The molecule has 2 aromatic carbocycles. The molecule has 0 aliphatic carbocycles. The molecule has 0 unspecified atom stereocenters. The molecule has 0 aliphatic heterocycles. The van der Waals surface area contributed by atoms with E-state index in [1.165, 1.54) is 0 Å². The molecule has 156 valence electrons. The van der Waals surface area contributed by atoms with Crippen molar-refractivity contribution in [2.75, 3.05) is 13.7 Å². The van der Waals surface area contributed by atoms with Crippen LogP contribution >= 0.6 is 0 Å². The van der Waals surface area contributed by atoms with Crippen LogP contribution in [0.3, 0.4) is 0 Å². The van der Waals surface area contributed by atoms with E-state index in [1.807, 2.05) is 41.9 Å². The van der Waals surface area contributed by atoms with Crippen molar-refractivity contribution in [3.05, 3.63) is 65.5 Å². The number of H-pyrrole nitrogens is 1. The molecule has 2 N–H and O–H groups in total. The summed E-state index contributed by atoms with van der Waals surface area (Å²) in [7, 11) is 1.61. The molecular formula is C22H25N5O3. The molecule has 4 aromatic rings. The average molecular weight is 407 g/mol. The van der Waals surface area contributed by atoms with Gasteiger partial charge in [0.2, 0.25) is 0 Å². The maximum Gasteiger partial charge on any atom is 0.188 e. The number of ether oxygens (including phenoxy) is 2. The van der Waals surface area contributed by atoms with Crippen molar-refractivity contribution in [3.8, 4) is 11.5 Å². The van der Waals surface area contributed by atoms with Gasteiger partial charge in [-0.05, 0) is 43.2 Å². The quantitative estimate of drug-likeness (QED) is 0.443. The first kappa shape index (κ1) is 19.9. The predicted molar refractivity (Wildman–Crippen MR) is 113 cm³/mol. The van der Waals surface area contributed by atoms with Crippen LogP contribution in [0.1, 0.15) is 29.5 Å². The highest BCUT2D eigenvalue weighted by Gasteiger charge is 2.13. The fourth-order valence-electron chi connectivity index (χ4n) is 3.37. The van der Waals surface area contributed by atoms with Crippen LogP contribution in [0.15, 0.2) is 42.5 Å². The number of aromatic amines is 1. The number of nitrogens with zero attached hydrogens (tertiary/aromatic N) is 4. The number of nitrogens with one attached hydrogen (secondary N) is 1. The Morgan fingerprint density at radius 2 is 1.93 bits per heavy atom. The zero-order chi connectivity index (χ0) is 20.9. The first-order valence-electron chi connectivity index (χ1n) is 9.91. The highest BCUT2D eigenvalue weighted by Crippen LogP contribution is 2.26. The Bertz CT molecular complexity index is 1130. The Morgan fingerprint density at radius 1 is 1.10 bits per heavy atom. The van der Waals surface area contributed by atoms with Crippen molar-refractivity contribution in [1.82, 2.24) is 24.7 Å². The van der Waals surface area contributed by atoms with Crippen LogP contribution in [-0.2, 0) is 19.6 Å². The summed E-state index contributed by atoms with van der Waals surface area (Å²) in [4.78, 5) is 12.4. The van der Waals surface area contributed by atoms with Gasteiger partial charge >= 0.3 is 0 Å². The third kappa shape index (κ3) is 4.44. The minimum atomic E-state index is 0.103. The van der Waals surface area contributed by atoms with Crippen LogP contribution in [-0.4, -0.2) is 43.6 Å². The molecule has 0 saturated carbocycles. The monoisotopic (exact) mass is 407 g/mol. The second-order valence-electron chi connectivity index (χ2n) is 7.03. The number of para-hydroxylation sites is 2. The van der Waals surface area contributed by atoms with Gasteiger partial charge in [-0.2, -0.15) is 5.10 Å². The number of aliphatic hydroxyl groups is 1. The van der Waals surface area contributed by atoms with Crippen LogP contribution < -0.4 is 9.47 Å². The van der Waals surface area contributed by atoms with E-state index in [0.29, 0.717) is 36.7 Å². The molecule has 0 fully saturated rings. The van der Waals surface area contributed by atoms with Gasteiger partial charge in [0.05, 0.1) is 18.1 Å². The highest BCUT2D eigenvalue weighted by atomic mass is 16.5. The summed E-state index contributed by atoms with van der Waals surface area (Å²) in [6, 6.07) is 13.6. The van der Waals surface area contributed by atoms with E-state index in [-0.39, 0.29) is 13.2 Å². The minimum absolute atomic E-state index is 0.103. The number of rotatable bonds is 9. The number of aromatic nitrogens is 5. The first-order valence-corrected chi connectivity index (χ1v) is 9.91. The maximum atomic E-state index is 9.23. The molecule has 0 bridgehead atoms. The molecule has 4 rings (SSSR count). The van der Waals surface area contributed by atoms with E-state index in [9.17, 15) is 5.11 Å². The summed E-state index contributed by atoms with van der Waals surface area (Å²) in [5, 5.41) is 13.8. The number of methoxy groups -OCH3 is 1. The molecule has 8 heteroatoms. The number of aryl methyl sites for hydroxylation is 2. The molecule has 0 aliphatic rings. The SMILES string of the molecule is COc1ccccc1OCc1nc(Cc2ccc3nc(C)[nH]c3c2)n(CCCO)n1. The molecule has 0 radical (unpaired) electrons. The Balaban J connectivity index is 1.54. The normalized spacial score (nSPS) is 11.2. The van der Waals surface area contributed by atoms with Crippen LogP contribution in [0.25, 0.3) is 11.0 Å². The topological polar surface area (TPSA) is 98.1 Å². The van der Waals surface area contributed by atoms with Crippen molar-refractivity contribution in [3.63, 3.8) is 0 Å². The Kier molecular flexibility index (Phi) is 5.94. The lowest BCUT2D eigenvalue weighted by Crippen LogP contribution is -2.08.